The maximum absolute atomic E-state index is 9.61. The molecule has 0 amide bonds. The molecule has 0 saturated heterocycles. The molecule has 0 saturated carbocycles. The van der Waals surface area contributed by atoms with E-state index in [0.717, 1.165) is 10.9 Å². The molecule has 0 spiro atoms. The van der Waals surface area contributed by atoms with Gasteiger partial charge >= 0.3 is 0 Å². The standard InChI is InChI=1S/C11H8N2O/c1-7-8-4-2-3-5-9(8)13-10(6-12)11(7)14/h2-5,14H,1H3. The number of aromatic hydroxyl groups is 1. The Labute approximate surface area is 81.2 Å². The lowest BCUT2D eigenvalue weighted by atomic mass is 10.1. The maximum atomic E-state index is 9.61. The molecule has 1 aromatic heterocycles. The lowest BCUT2D eigenvalue weighted by Crippen LogP contribution is -1.89. The number of hydrogen-bond acceptors (Lipinski definition) is 3. The molecule has 0 radical (unpaired) electrons. The van der Waals surface area contributed by atoms with Crippen molar-refractivity contribution in [3.63, 3.8) is 0 Å². The quantitative estimate of drug-likeness (QED) is 0.682. The van der Waals surface area contributed by atoms with Gasteiger partial charge in [0.05, 0.1) is 5.52 Å². The minimum atomic E-state index is -0.0220. The van der Waals surface area contributed by atoms with Crippen LogP contribution >= 0.6 is 0 Å². The van der Waals surface area contributed by atoms with E-state index in [2.05, 4.69) is 4.98 Å². The summed E-state index contributed by atoms with van der Waals surface area (Å²) in [6.45, 7) is 1.78. The second kappa shape index (κ2) is 3.00. The van der Waals surface area contributed by atoms with E-state index in [1.54, 1.807) is 6.92 Å². The highest BCUT2D eigenvalue weighted by Gasteiger charge is 2.09. The molecule has 0 aliphatic heterocycles. The first-order valence-corrected chi connectivity index (χ1v) is 4.22. The molecular formula is C11H8N2O. The van der Waals surface area contributed by atoms with E-state index in [4.69, 9.17) is 5.26 Å². The number of benzene rings is 1. The molecule has 3 nitrogen and oxygen atoms in total. The van der Waals surface area contributed by atoms with Crippen LogP contribution in [0.1, 0.15) is 11.3 Å². The SMILES string of the molecule is Cc1c(O)c(C#N)nc2ccccc12. The Balaban J connectivity index is 2.94. The molecule has 0 atom stereocenters. The summed E-state index contributed by atoms with van der Waals surface area (Å²) >= 11 is 0. The van der Waals surface area contributed by atoms with E-state index in [0.29, 0.717) is 5.56 Å². The minimum absolute atomic E-state index is 0.0220. The molecule has 68 valence electrons. The predicted octanol–water partition coefficient (Wildman–Crippen LogP) is 2.12. The predicted molar refractivity (Wildman–Crippen MR) is 52.9 cm³/mol. The average molecular weight is 184 g/mol. The third-order valence-electron chi connectivity index (χ3n) is 2.23. The third-order valence-corrected chi connectivity index (χ3v) is 2.23. The Morgan fingerprint density at radius 3 is 2.79 bits per heavy atom. The van der Waals surface area contributed by atoms with E-state index in [1.165, 1.54) is 0 Å². The molecule has 2 rings (SSSR count). The van der Waals surface area contributed by atoms with Crippen LogP contribution in [0.2, 0.25) is 0 Å². The van der Waals surface area contributed by atoms with Gasteiger partial charge in [-0.2, -0.15) is 5.26 Å². The number of aryl methyl sites for hydroxylation is 1. The van der Waals surface area contributed by atoms with E-state index in [-0.39, 0.29) is 11.4 Å². The summed E-state index contributed by atoms with van der Waals surface area (Å²) in [5, 5.41) is 19.2. The lowest BCUT2D eigenvalue weighted by Gasteiger charge is -2.04. The van der Waals surface area contributed by atoms with Crippen LogP contribution in [0.3, 0.4) is 0 Å². The van der Waals surface area contributed by atoms with Crippen LogP contribution in [0.4, 0.5) is 0 Å². The second-order valence-electron chi connectivity index (χ2n) is 3.06. The van der Waals surface area contributed by atoms with Crippen LogP contribution in [-0.4, -0.2) is 10.1 Å². The molecule has 0 fully saturated rings. The van der Waals surface area contributed by atoms with Crippen molar-refractivity contribution in [2.24, 2.45) is 0 Å². The zero-order chi connectivity index (χ0) is 10.1. The smallest absolute Gasteiger partial charge is 0.183 e. The van der Waals surface area contributed by atoms with Gasteiger partial charge in [0.25, 0.3) is 0 Å². The summed E-state index contributed by atoms with van der Waals surface area (Å²) in [5.74, 6) is -0.0220. The van der Waals surface area contributed by atoms with Crippen LogP contribution in [0.5, 0.6) is 5.75 Å². The van der Waals surface area contributed by atoms with Crippen LogP contribution in [0, 0.1) is 18.3 Å². The van der Waals surface area contributed by atoms with Crippen molar-refractivity contribution in [3.05, 3.63) is 35.5 Å². The number of pyridine rings is 1. The molecule has 2 aromatic rings. The van der Waals surface area contributed by atoms with E-state index in [9.17, 15) is 5.11 Å². The molecule has 1 heterocycles. The Hall–Kier alpha value is -2.08. The first-order chi connectivity index (χ1) is 6.74. The van der Waals surface area contributed by atoms with E-state index >= 15 is 0 Å². The molecule has 0 bridgehead atoms. The van der Waals surface area contributed by atoms with Crippen molar-refractivity contribution in [1.29, 1.82) is 5.26 Å². The van der Waals surface area contributed by atoms with Gasteiger partial charge in [-0.1, -0.05) is 18.2 Å². The third kappa shape index (κ3) is 1.09. The summed E-state index contributed by atoms with van der Waals surface area (Å²) in [6, 6.07) is 9.29. The van der Waals surface area contributed by atoms with E-state index < -0.39 is 0 Å². The summed E-state index contributed by atoms with van der Waals surface area (Å²) < 4.78 is 0. The van der Waals surface area contributed by atoms with Gasteiger partial charge in [0, 0.05) is 10.9 Å². The van der Waals surface area contributed by atoms with Gasteiger partial charge in [-0.25, -0.2) is 4.98 Å². The number of nitriles is 1. The molecule has 3 heteroatoms. The van der Waals surface area contributed by atoms with Crippen molar-refractivity contribution in [2.75, 3.05) is 0 Å². The fraction of sp³-hybridized carbons (Fsp3) is 0.0909. The number of fused-ring (bicyclic) bond motifs is 1. The van der Waals surface area contributed by atoms with Gasteiger partial charge in [-0.3, -0.25) is 0 Å². The van der Waals surface area contributed by atoms with Gasteiger partial charge in [0.1, 0.15) is 6.07 Å². The lowest BCUT2D eigenvalue weighted by molar-refractivity contribution is 0.468. The second-order valence-corrected chi connectivity index (χ2v) is 3.06. The van der Waals surface area contributed by atoms with Gasteiger partial charge in [-0.15, -0.1) is 0 Å². The number of hydrogen-bond donors (Lipinski definition) is 1. The van der Waals surface area contributed by atoms with E-state index in [1.807, 2.05) is 30.3 Å². The molecule has 1 N–H and O–H groups in total. The Kier molecular flexibility index (Phi) is 1.83. The van der Waals surface area contributed by atoms with Crippen molar-refractivity contribution < 1.29 is 5.11 Å². The topological polar surface area (TPSA) is 56.9 Å². The molecule has 0 unspecified atom stereocenters. The van der Waals surface area contributed by atoms with Crippen LogP contribution in [-0.2, 0) is 0 Å². The number of rotatable bonds is 0. The zero-order valence-electron chi connectivity index (χ0n) is 7.65. The van der Waals surface area contributed by atoms with Crippen molar-refractivity contribution >= 4 is 10.9 Å². The number of nitrogens with zero attached hydrogens (tertiary/aromatic N) is 2. The van der Waals surface area contributed by atoms with Crippen LogP contribution < -0.4 is 0 Å². The van der Waals surface area contributed by atoms with Gasteiger partial charge in [0.2, 0.25) is 0 Å². The number of aromatic nitrogens is 1. The maximum Gasteiger partial charge on any atom is 0.183 e. The minimum Gasteiger partial charge on any atom is -0.505 e. The Morgan fingerprint density at radius 1 is 1.36 bits per heavy atom. The first-order valence-electron chi connectivity index (χ1n) is 4.22. The van der Waals surface area contributed by atoms with Crippen molar-refractivity contribution in [3.8, 4) is 11.8 Å². The van der Waals surface area contributed by atoms with Gasteiger partial charge in [0.15, 0.2) is 11.4 Å². The molecular weight excluding hydrogens is 176 g/mol. The summed E-state index contributed by atoms with van der Waals surface area (Å²) in [6.07, 6.45) is 0. The fourth-order valence-electron chi connectivity index (χ4n) is 1.44. The monoisotopic (exact) mass is 184 g/mol. The van der Waals surface area contributed by atoms with Gasteiger partial charge in [-0.05, 0) is 13.0 Å². The Morgan fingerprint density at radius 2 is 2.07 bits per heavy atom. The molecule has 14 heavy (non-hydrogen) atoms. The van der Waals surface area contributed by atoms with Crippen LogP contribution in [0.25, 0.3) is 10.9 Å². The summed E-state index contributed by atoms with van der Waals surface area (Å²) in [5.41, 5.74) is 1.52. The highest BCUT2D eigenvalue weighted by Crippen LogP contribution is 2.26. The normalized spacial score (nSPS) is 10.0. The highest BCUT2D eigenvalue weighted by atomic mass is 16.3. The van der Waals surface area contributed by atoms with Crippen molar-refractivity contribution in [2.45, 2.75) is 6.92 Å². The van der Waals surface area contributed by atoms with Gasteiger partial charge < -0.3 is 5.11 Å². The summed E-state index contributed by atoms with van der Waals surface area (Å²) in [4.78, 5) is 4.04. The Bertz CT molecular complexity index is 541. The van der Waals surface area contributed by atoms with Crippen LogP contribution in [0.15, 0.2) is 24.3 Å². The molecule has 1 aromatic carbocycles. The fourth-order valence-corrected chi connectivity index (χ4v) is 1.44. The first kappa shape index (κ1) is 8.52. The van der Waals surface area contributed by atoms with Crippen molar-refractivity contribution in [1.82, 2.24) is 4.98 Å². The average Bonchev–Trinajstić information content (AvgIpc) is 2.23. The zero-order valence-corrected chi connectivity index (χ0v) is 7.65. The number of para-hydroxylation sites is 1. The molecule has 0 aliphatic carbocycles. The largest absolute Gasteiger partial charge is 0.505 e. The highest BCUT2D eigenvalue weighted by molar-refractivity contribution is 5.84. The summed E-state index contributed by atoms with van der Waals surface area (Å²) in [7, 11) is 0. The molecule has 0 aliphatic rings.